The van der Waals surface area contributed by atoms with E-state index in [1.807, 2.05) is 23.1 Å². The van der Waals surface area contributed by atoms with Gasteiger partial charge < -0.3 is 15.1 Å². The number of rotatable bonds is 4. The van der Waals surface area contributed by atoms with Crippen LogP contribution in [0.1, 0.15) is 33.7 Å². The maximum Gasteiger partial charge on any atom is 0.272 e. The molecule has 1 N–H and O–H groups in total. The van der Waals surface area contributed by atoms with Crippen LogP contribution in [0.3, 0.4) is 0 Å². The van der Waals surface area contributed by atoms with E-state index in [9.17, 15) is 9.59 Å². The van der Waals surface area contributed by atoms with E-state index in [4.69, 9.17) is 0 Å². The number of amides is 2. The third kappa shape index (κ3) is 3.66. The monoisotopic (exact) mass is 351 g/mol. The van der Waals surface area contributed by atoms with Crippen LogP contribution in [-0.2, 0) is 0 Å². The molecule has 0 spiro atoms. The average Bonchev–Trinajstić information content (AvgIpc) is 3.52. The summed E-state index contributed by atoms with van der Waals surface area (Å²) in [6.45, 7) is 2.67. The fourth-order valence-corrected chi connectivity index (χ4v) is 2.99. The lowest BCUT2D eigenvalue weighted by molar-refractivity contribution is 0.0740. The van der Waals surface area contributed by atoms with Crippen molar-refractivity contribution < 1.29 is 9.59 Å². The van der Waals surface area contributed by atoms with Crippen molar-refractivity contribution in [2.75, 3.05) is 31.1 Å². The predicted octanol–water partition coefficient (Wildman–Crippen LogP) is 1.33. The van der Waals surface area contributed by atoms with E-state index in [2.05, 4.69) is 20.2 Å². The van der Waals surface area contributed by atoms with E-state index < -0.39 is 0 Å². The number of piperazine rings is 1. The van der Waals surface area contributed by atoms with Crippen molar-refractivity contribution in [3.8, 4) is 0 Å². The predicted molar refractivity (Wildman–Crippen MR) is 97.1 cm³/mol. The Hall–Kier alpha value is -2.96. The third-order valence-electron chi connectivity index (χ3n) is 4.70. The Bertz CT molecular complexity index is 781. The first-order chi connectivity index (χ1) is 12.7. The average molecular weight is 351 g/mol. The number of carbonyl (C=O) groups excluding carboxylic acids is 2. The second kappa shape index (κ2) is 7.11. The summed E-state index contributed by atoms with van der Waals surface area (Å²) in [5.74, 6) is 0.737. The van der Waals surface area contributed by atoms with Crippen molar-refractivity contribution in [3.63, 3.8) is 0 Å². The van der Waals surface area contributed by atoms with Gasteiger partial charge in [0.15, 0.2) is 0 Å². The van der Waals surface area contributed by atoms with Crippen LogP contribution < -0.4 is 10.2 Å². The summed E-state index contributed by atoms with van der Waals surface area (Å²) in [5.41, 5.74) is 1.06. The summed E-state index contributed by atoms with van der Waals surface area (Å²) in [7, 11) is 0. The van der Waals surface area contributed by atoms with E-state index in [0.29, 0.717) is 43.5 Å². The van der Waals surface area contributed by atoms with E-state index in [0.717, 1.165) is 18.7 Å². The Morgan fingerprint density at radius 1 is 1.00 bits per heavy atom. The summed E-state index contributed by atoms with van der Waals surface area (Å²) in [6.07, 6.45) is 5.39. The van der Waals surface area contributed by atoms with E-state index >= 15 is 0 Å². The van der Waals surface area contributed by atoms with Gasteiger partial charge in [0.1, 0.15) is 11.5 Å². The molecule has 1 aliphatic carbocycles. The lowest BCUT2D eigenvalue weighted by Gasteiger charge is -2.35. The van der Waals surface area contributed by atoms with Crippen LogP contribution in [0.25, 0.3) is 0 Å². The molecular formula is C19H21N5O2. The highest BCUT2D eigenvalue weighted by Crippen LogP contribution is 2.20. The first-order valence-electron chi connectivity index (χ1n) is 8.93. The van der Waals surface area contributed by atoms with Crippen LogP contribution in [0.5, 0.6) is 0 Å². The summed E-state index contributed by atoms with van der Waals surface area (Å²) >= 11 is 0. The minimum Gasteiger partial charge on any atom is -0.353 e. The fraction of sp³-hybridized carbons (Fsp3) is 0.368. The van der Waals surface area contributed by atoms with Gasteiger partial charge in [0.05, 0.1) is 5.56 Å². The highest BCUT2D eigenvalue weighted by Gasteiger charge is 2.25. The number of hydrogen-bond donors (Lipinski definition) is 1. The van der Waals surface area contributed by atoms with Gasteiger partial charge in [-0.25, -0.2) is 4.98 Å². The standard InChI is InChI=1S/C19H21N5O2/c25-18(22-15-5-6-15)14-4-7-17(21-13-14)23-9-11-24(12-10-23)19(26)16-3-1-2-8-20-16/h1-4,7-8,13,15H,5-6,9-12H2,(H,22,25). The van der Waals surface area contributed by atoms with Gasteiger partial charge in [-0.3, -0.25) is 14.6 Å². The Morgan fingerprint density at radius 3 is 2.42 bits per heavy atom. The topological polar surface area (TPSA) is 78.4 Å². The highest BCUT2D eigenvalue weighted by molar-refractivity contribution is 5.94. The molecule has 1 aliphatic heterocycles. The van der Waals surface area contributed by atoms with Crippen molar-refractivity contribution in [2.45, 2.75) is 18.9 Å². The van der Waals surface area contributed by atoms with Crippen molar-refractivity contribution >= 4 is 17.6 Å². The quantitative estimate of drug-likeness (QED) is 0.899. The summed E-state index contributed by atoms with van der Waals surface area (Å²) in [6, 6.07) is 9.38. The van der Waals surface area contributed by atoms with Crippen LogP contribution in [0, 0.1) is 0 Å². The number of nitrogens with one attached hydrogen (secondary N) is 1. The van der Waals surface area contributed by atoms with E-state index in [1.165, 1.54) is 0 Å². The van der Waals surface area contributed by atoms with Gasteiger partial charge in [0.2, 0.25) is 0 Å². The molecule has 1 saturated heterocycles. The zero-order valence-electron chi connectivity index (χ0n) is 14.5. The molecule has 2 amide bonds. The number of anilines is 1. The first kappa shape index (κ1) is 16.5. The molecule has 3 heterocycles. The third-order valence-corrected chi connectivity index (χ3v) is 4.70. The summed E-state index contributed by atoms with van der Waals surface area (Å²) < 4.78 is 0. The number of aromatic nitrogens is 2. The molecule has 2 aromatic rings. The molecule has 7 nitrogen and oxygen atoms in total. The zero-order valence-corrected chi connectivity index (χ0v) is 14.5. The van der Waals surface area contributed by atoms with Crippen molar-refractivity contribution in [1.82, 2.24) is 20.2 Å². The van der Waals surface area contributed by atoms with Gasteiger partial charge in [-0.1, -0.05) is 6.07 Å². The molecule has 134 valence electrons. The lowest BCUT2D eigenvalue weighted by Crippen LogP contribution is -2.49. The molecular weight excluding hydrogens is 330 g/mol. The molecule has 2 aliphatic rings. The molecule has 0 radical (unpaired) electrons. The normalized spacial score (nSPS) is 17.1. The molecule has 0 aromatic carbocycles. The van der Waals surface area contributed by atoms with Crippen LogP contribution >= 0.6 is 0 Å². The number of carbonyl (C=O) groups is 2. The molecule has 26 heavy (non-hydrogen) atoms. The largest absolute Gasteiger partial charge is 0.353 e. The van der Waals surface area contributed by atoms with Crippen molar-refractivity contribution in [3.05, 3.63) is 54.0 Å². The van der Waals surface area contributed by atoms with E-state index in [1.54, 1.807) is 24.5 Å². The maximum atomic E-state index is 12.4. The van der Waals surface area contributed by atoms with Gasteiger partial charge in [-0.15, -0.1) is 0 Å². The van der Waals surface area contributed by atoms with Gasteiger partial charge in [-0.2, -0.15) is 0 Å². The highest BCUT2D eigenvalue weighted by atomic mass is 16.2. The van der Waals surface area contributed by atoms with E-state index in [-0.39, 0.29) is 11.8 Å². The SMILES string of the molecule is O=C(NC1CC1)c1ccc(N2CCN(C(=O)c3ccccn3)CC2)nc1. The maximum absolute atomic E-state index is 12.4. The Labute approximate surface area is 152 Å². The van der Waals surface area contributed by atoms with Crippen LogP contribution in [-0.4, -0.2) is 58.9 Å². The van der Waals surface area contributed by atoms with Crippen LogP contribution in [0.15, 0.2) is 42.7 Å². The van der Waals surface area contributed by atoms with Crippen molar-refractivity contribution in [1.29, 1.82) is 0 Å². The molecule has 2 fully saturated rings. The molecule has 4 rings (SSSR count). The number of nitrogens with zero attached hydrogens (tertiary/aromatic N) is 4. The minimum atomic E-state index is -0.0580. The van der Waals surface area contributed by atoms with Crippen LogP contribution in [0.4, 0.5) is 5.82 Å². The second-order valence-electron chi connectivity index (χ2n) is 6.65. The van der Waals surface area contributed by atoms with Gasteiger partial charge in [-0.05, 0) is 37.1 Å². The van der Waals surface area contributed by atoms with Gasteiger partial charge in [0.25, 0.3) is 11.8 Å². The number of pyridine rings is 2. The first-order valence-corrected chi connectivity index (χ1v) is 8.93. The summed E-state index contributed by atoms with van der Waals surface area (Å²) in [5, 5.41) is 2.96. The second-order valence-corrected chi connectivity index (χ2v) is 6.65. The Kier molecular flexibility index (Phi) is 4.51. The van der Waals surface area contributed by atoms with Crippen molar-refractivity contribution in [2.24, 2.45) is 0 Å². The molecule has 7 heteroatoms. The fourth-order valence-electron chi connectivity index (χ4n) is 2.99. The molecule has 2 aromatic heterocycles. The number of hydrogen-bond acceptors (Lipinski definition) is 5. The lowest BCUT2D eigenvalue weighted by atomic mass is 10.2. The Morgan fingerprint density at radius 2 is 1.81 bits per heavy atom. The molecule has 1 saturated carbocycles. The molecule has 0 atom stereocenters. The van der Waals surface area contributed by atoms with Gasteiger partial charge >= 0.3 is 0 Å². The molecule has 0 bridgehead atoms. The van der Waals surface area contributed by atoms with Gasteiger partial charge in [0, 0.05) is 44.6 Å². The zero-order chi connectivity index (χ0) is 17.9. The molecule has 0 unspecified atom stereocenters. The Balaban J connectivity index is 1.34. The van der Waals surface area contributed by atoms with Crippen LogP contribution in [0.2, 0.25) is 0 Å². The smallest absolute Gasteiger partial charge is 0.272 e. The minimum absolute atomic E-state index is 0.0368. The summed E-state index contributed by atoms with van der Waals surface area (Å²) in [4.78, 5) is 37.0.